The van der Waals surface area contributed by atoms with Gasteiger partial charge in [-0.25, -0.2) is 0 Å². The van der Waals surface area contributed by atoms with Crippen molar-refractivity contribution in [2.75, 3.05) is 39.9 Å². The number of rotatable bonds is 9. The lowest BCUT2D eigenvalue weighted by Gasteiger charge is -2.41. The van der Waals surface area contributed by atoms with Crippen molar-refractivity contribution in [3.8, 4) is 5.75 Å². The van der Waals surface area contributed by atoms with E-state index in [4.69, 9.17) is 32.7 Å². The zero-order chi connectivity index (χ0) is 32.4. The van der Waals surface area contributed by atoms with Gasteiger partial charge in [-0.15, -0.1) is 12.4 Å². The number of halogens is 6. The number of methoxy groups -OCH3 is 1. The standard InChI is InChI=1S/C32H33Cl2F3N4O4.ClH/c1-3-45-26-18-22(32(35,36)37)8-13-25(26)31(30(43)41-16-14-40(15-17-41)27(19-42)44-2)38-28(20-4-9-23(33)10-5-20)29(39-31)21-6-11-24(34)12-7-21;/h4-13,18-19,27-29,38-39H,3,14-17H2,1-2H3;1H. The zero-order valence-electron chi connectivity index (χ0n) is 25.0. The van der Waals surface area contributed by atoms with Gasteiger partial charge in [-0.2, -0.15) is 13.2 Å². The highest BCUT2D eigenvalue weighted by molar-refractivity contribution is 6.30. The Morgan fingerprint density at radius 1 is 0.957 bits per heavy atom. The average molecular weight is 702 g/mol. The smallest absolute Gasteiger partial charge is 0.416 e. The van der Waals surface area contributed by atoms with Crippen LogP contribution in [0.3, 0.4) is 0 Å². The maximum atomic E-state index is 14.8. The van der Waals surface area contributed by atoms with Crippen LogP contribution < -0.4 is 15.4 Å². The normalized spacial score (nSPS) is 22.6. The Bertz CT molecular complexity index is 1450. The number of ether oxygens (including phenoxy) is 2. The van der Waals surface area contributed by atoms with E-state index in [1.165, 1.54) is 13.2 Å². The van der Waals surface area contributed by atoms with Crippen LogP contribution in [-0.2, 0) is 26.2 Å². The molecule has 2 heterocycles. The number of nitrogens with zero attached hydrogens (tertiary/aromatic N) is 2. The third kappa shape index (κ3) is 7.31. The molecule has 2 saturated heterocycles. The lowest BCUT2D eigenvalue weighted by molar-refractivity contribution is -0.145. The summed E-state index contributed by atoms with van der Waals surface area (Å²) in [6, 6.07) is 16.4. The van der Waals surface area contributed by atoms with Crippen molar-refractivity contribution in [3.63, 3.8) is 0 Å². The summed E-state index contributed by atoms with van der Waals surface area (Å²) in [5.41, 5.74) is -0.804. The maximum absolute atomic E-state index is 14.8. The Hall–Kier alpha value is -2.90. The van der Waals surface area contributed by atoms with Crippen molar-refractivity contribution in [2.24, 2.45) is 0 Å². The number of hydrogen-bond acceptors (Lipinski definition) is 7. The van der Waals surface area contributed by atoms with E-state index in [2.05, 4.69) is 10.6 Å². The van der Waals surface area contributed by atoms with Crippen LogP contribution in [0.1, 0.15) is 41.3 Å². The van der Waals surface area contributed by atoms with Crippen molar-refractivity contribution in [1.82, 2.24) is 20.4 Å². The van der Waals surface area contributed by atoms with Gasteiger partial charge >= 0.3 is 6.18 Å². The first-order valence-electron chi connectivity index (χ1n) is 14.4. The fraction of sp³-hybridized carbons (Fsp3) is 0.375. The number of benzene rings is 3. The second-order valence-electron chi connectivity index (χ2n) is 10.8. The molecule has 248 valence electrons. The number of amides is 1. The van der Waals surface area contributed by atoms with E-state index in [0.29, 0.717) is 29.4 Å². The highest BCUT2D eigenvalue weighted by Crippen LogP contribution is 2.46. The highest BCUT2D eigenvalue weighted by Gasteiger charge is 2.55. The Morgan fingerprint density at radius 2 is 1.48 bits per heavy atom. The maximum Gasteiger partial charge on any atom is 0.416 e. The number of carbonyl (C=O) groups is 2. The first-order chi connectivity index (χ1) is 21.5. The average Bonchev–Trinajstić information content (AvgIpc) is 3.44. The van der Waals surface area contributed by atoms with Gasteiger partial charge in [-0.1, -0.05) is 53.5 Å². The molecule has 14 heteroatoms. The largest absolute Gasteiger partial charge is 0.493 e. The van der Waals surface area contributed by atoms with Crippen LogP contribution in [0, 0.1) is 0 Å². The van der Waals surface area contributed by atoms with E-state index in [1.54, 1.807) is 36.1 Å². The van der Waals surface area contributed by atoms with Gasteiger partial charge in [0, 0.05) is 48.9 Å². The van der Waals surface area contributed by atoms with Gasteiger partial charge in [0.25, 0.3) is 5.91 Å². The van der Waals surface area contributed by atoms with E-state index in [-0.39, 0.29) is 43.4 Å². The number of nitrogens with one attached hydrogen (secondary N) is 2. The summed E-state index contributed by atoms with van der Waals surface area (Å²) in [6.45, 7) is 2.94. The van der Waals surface area contributed by atoms with Crippen molar-refractivity contribution in [2.45, 2.75) is 37.1 Å². The quantitative estimate of drug-likeness (QED) is 0.266. The topological polar surface area (TPSA) is 83.1 Å². The van der Waals surface area contributed by atoms with Gasteiger partial charge < -0.3 is 14.4 Å². The SMILES string of the molecule is CCOc1cc(C(F)(F)F)ccc1C1(C(=O)N2CCN(C(C=O)OC)CC2)NC(c2ccc(Cl)cc2)C(c2ccc(Cl)cc2)N1.Cl. The van der Waals surface area contributed by atoms with E-state index in [1.807, 2.05) is 29.2 Å². The number of piperazine rings is 1. The molecule has 0 radical (unpaired) electrons. The van der Waals surface area contributed by atoms with Crippen LogP contribution in [-0.4, -0.2) is 68.1 Å². The molecule has 46 heavy (non-hydrogen) atoms. The third-order valence-electron chi connectivity index (χ3n) is 8.19. The summed E-state index contributed by atoms with van der Waals surface area (Å²) in [5, 5.41) is 8.05. The van der Waals surface area contributed by atoms with E-state index < -0.39 is 41.6 Å². The van der Waals surface area contributed by atoms with Crippen LogP contribution in [0.4, 0.5) is 13.2 Å². The summed E-state index contributed by atoms with van der Waals surface area (Å²) in [5.74, 6) is -0.482. The van der Waals surface area contributed by atoms with Crippen LogP contribution in [0.2, 0.25) is 10.0 Å². The van der Waals surface area contributed by atoms with Gasteiger partial charge in [0.1, 0.15) is 5.75 Å². The Labute approximate surface area is 281 Å². The summed E-state index contributed by atoms with van der Waals surface area (Å²) in [6.07, 6.45) is -4.67. The lowest BCUT2D eigenvalue weighted by atomic mass is 9.94. The summed E-state index contributed by atoms with van der Waals surface area (Å²) in [7, 11) is 1.44. The minimum Gasteiger partial charge on any atom is -0.493 e. The van der Waals surface area contributed by atoms with Crippen molar-refractivity contribution >= 4 is 47.8 Å². The molecule has 3 aromatic rings. The Balaban J connectivity index is 0.00000480. The van der Waals surface area contributed by atoms with Gasteiger partial charge in [0.05, 0.1) is 24.3 Å². The van der Waals surface area contributed by atoms with Crippen molar-refractivity contribution in [3.05, 3.63) is 99.0 Å². The van der Waals surface area contributed by atoms with Crippen molar-refractivity contribution in [1.29, 1.82) is 0 Å². The molecule has 0 saturated carbocycles. The van der Waals surface area contributed by atoms with E-state index in [9.17, 15) is 22.8 Å². The molecule has 2 aliphatic heterocycles. The van der Waals surface area contributed by atoms with Crippen LogP contribution in [0.25, 0.3) is 0 Å². The number of aldehydes is 1. The van der Waals surface area contributed by atoms with Crippen LogP contribution in [0.15, 0.2) is 66.7 Å². The van der Waals surface area contributed by atoms with Crippen LogP contribution >= 0.6 is 35.6 Å². The van der Waals surface area contributed by atoms with E-state index in [0.717, 1.165) is 23.3 Å². The molecular formula is C32H34Cl3F3N4O4. The van der Waals surface area contributed by atoms with Crippen molar-refractivity contribution < 1.29 is 32.2 Å². The summed E-state index contributed by atoms with van der Waals surface area (Å²) in [4.78, 5) is 29.7. The molecule has 0 aromatic heterocycles. The Morgan fingerprint density at radius 3 is 1.91 bits per heavy atom. The minimum atomic E-state index is -4.62. The minimum absolute atomic E-state index is 0. The van der Waals surface area contributed by atoms with Gasteiger partial charge in [0.2, 0.25) is 0 Å². The molecule has 0 bridgehead atoms. The fourth-order valence-electron chi connectivity index (χ4n) is 5.95. The predicted octanol–water partition coefficient (Wildman–Crippen LogP) is 5.98. The Kier molecular flexibility index (Phi) is 11.6. The summed E-state index contributed by atoms with van der Waals surface area (Å²) < 4.78 is 52.5. The number of carbonyl (C=O) groups excluding carboxylic acids is 2. The molecule has 2 aliphatic rings. The molecular weight excluding hydrogens is 668 g/mol. The third-order valence-corrected chi connectivity index (χ3v) is 8.69. The molecule has 1 amide bonds. The number of alkyl halides is 3. The van der Waals surface area contributed by atoms with Crippen LogP contribution in [0.5, 0.6) is 5.75 Å². The van der Waals surface area contributed by atoms with E-state index >= 15 is 0 Å². The fourth-order valence-corrected chi connectivity index (χ4v) is 6.20. The second-order valence-corrected chi connectivity index (χ2v) is 11.7. The molecule has 2 N–H and O–H groups in total. The zero-order valence-corrected chi connectivity index (χ0v) is 27.3. The molecule has 3 atom stereocenters. The second kappa shape index (κ2) is 14.9. The molecule has 0 aliphatic carbocycles. The lowest BCUT2D eigenvalue weighted by Crippen LogP contribution is -2.63. The molecule has 3 aromatic carbocycles. The summed E-state index contributed by atoms with van der Waals surface area (Å²) >= 11 is 12.4. The predicted molar refractivity (Wildman–Crippen MR) is 171 cm³/mol. The van der Waals surface area contributed by atoms with Gasteiger partial charge in [-0.3, -0.25) is 25.1 Å². The number of hydrogen-bond donors (Lipinski definition) is 2. The molecule has 3 unspecified atom stereocenters. The molecule has 0 spiro atoms. The van der Waals surface area contributed by atoms with Gasteiger partial charge in [-0.05, 0) is 54.4 Å². The van der Waals surface area contributed by atoms with Gasteiger partial charge in [0.15, 0.2) is 18.2 Å². The monoisotopic (exact) mass is 700 g/mol. The first-order valence-corrected chi connectivity index (χ1v) is 15.2. The first kappa shape index (κ1) is 35.9. The molecule has 5 rings (SSSR count). The molecule has 8 nitrogen and oxygen atoms in total. The highest BCUT2D eigenvalue weighted by atomic mass is 35.5. The molecule has 2 fully saturated rings.